The Labute approximate surface area is 206 Å². The summed E-state index contributed by atoms with van der Waals surface area (Å²) in [6, 6.07) is 16.1. The minimum atomic E-state index is 0.207. The topological polar surface area (TPSA) is 55.4 Å². The van der Waals surface area contributed by atoms with E-state index in [1.807, 2.05) is 6.07 Å². The zero-order valence-corrected chi connectivity index (χ0v) is 20.3. The quantitative estimate of drug-likeness (QED) is 0.579. The number of aromatic hydroxyl groups is 1. The van der Waals surface area contributed by atoms with Gasteiger partial charge in [-0.25, -0.2) is 4.98 Å². The minimum Gasteiger partial charge on any atom is -0.508 e. The summed E-state index contributed by atoms with van der Waals surface area (Å²) in [7, 11) is 0. The van der Waals surface area contributed by atoms with Crippen LogP contribution in [0, 0.1) is 23.2 Å². The van der Waals surface area contributed by atoms with E-state index in [-0.39, 0.29) is 5.41 Å². The Morgan fingerprint density at radius 1 is 1.09 bits per heavy atom. The molecule has 180 valence electrons. The number of imidazole rings is 1. The third kappa shape index (κ3) is 2.32. The molecule has 2 saturated heterocycles. The van der Waals surface area contributed by atoms with Crippen LogP contribution in [0.25, 0.3) is 11.0 Å². The van der Waals surface area contributed by atoms with Gasteiger partial charge >= 0.3 is 0 Å². The van der Waals surface area contributed by atoms with E-state index < -0.39 is 0 Å². The molecule has 9 rings (SSSR count). The van der Waals surface area contributed by atoms with Crippen LogP contribution in [0.15, 0.2) is 42.5 Å². The summed E-state index contributed by atoms with van der Waals surface area (Å²) in [5.74, 6) is 3.85. The number of aromatic amines is 1. The fourth-order valence-corrected chi connectivity index (χ4v) is 10.3. The fourth-order valence-electron chi connectivity index (χ4n) is 10.3. The van der Waals surface area contributed by atoms with Gasteiger partial charge in [-0.1, -0.05) is 18.2 Å². The maximum absolute atomic E-state index is 10.7. The molecule has 5 fully saturated rings. The highest BCUT2D eigenvalue weighted by Gasteiger charge is 2.76. The first-order chi connectivity index (χ1) is 17.2. The first-order valence-corrected chi connectivity index (χ1v) is 13.9. The highest BCUT2D eigenvalue weighted by molar-refractivity contribution is 5.77. The molecule has 6 aliphatic rings. The first-order valence-electron chi connectivity index (χ1n) is 13.9. The van der Waals surface area contributed by atoms with Crippen LogP contribution in [0.1, 0.15) is 49.7 Å². The zero-order chi connectivity index (χ0) is 22.9. The molecule has 0 radical (unpaired) electrons. The van der Waals surface area contributed by atoms with E-state index in [1.165, 1.54) is 69.2 Å². The summed E-state index contributed by atoms with van der Waals surface area (Å²) < 4.78 is 0. The van der Waals surface area contributed by atoms with Crippen molar-refractivity contribution >= 4 is 17.0 Å². The number of hydrogen-bond donors (Lipinski definition) is 2. The SMILES string of the molecule is Oc1ccc2c(c1)C13CCN(CC4CC4)C(C2)C12CCC1C3[C@@H](CN1c1nc3ccccc3[nH]1)C2. The lowest BCUT2D eigenvalue weighted by molar-refractivity contribution is -0.0921. The molecule has 0 amide bonds. The van der Waals surface area contributed by atoms with Crippen molar-refractivity contribution < 1.29 is 5.11 Å². The molecule has 6 atom stereocenters. The maximum atomic E-state index is 10.7. The lowest BCUT2D eigenvalue weighted by Crippen LogP contribution is -2.69. The molecule has 1 aromatic heterocycles. The molecule has 5 unspecified atom stereocenters. The van der Waals surface area contributed by atoms with Crippen molar-refractivity contribution in [3.05, 3.63) is 53.6 Å². The molecule has 5 heteroatoms. The molecular weight excluding hydrogens is 432 g/mol. The Morgan fingerprint density at radius 3 is 2.89 bits per heavy atom. The lowest BCUT2D eigenvalue weighted by Gasteiger charge is -2.66. The predicted octanol–water partition coefficient (Wildman–Crippen LogP) is 4.85. The Bertz CT molecular complexity index is 1330. The van der Waals surface area contributed by atoms with E-state index in [0.717, 1.165) is 29.4 Å². The highest BCUT2D eigenvalue weighted by Crippen LogP contribution is 2.75. The molecule has 3 heterocycles. The second kappa shape index (κ2) is 6.42. The largest absolute Gasteiger partial charge is 0.508 e. The number of phenols is 1. The molecule has 0 spiro atoms. The van der Waals surface area contributed by atoms with Crippen molar-refractivity contribution in [3.63, 3.8) is 0 Å². The van der Waals surface area contributed by atoms with Crippen LogP contribution in [-0.4, -0.2) is 51.7 Å². The molecule has 5 nitrogen and oxygen atoms in total. The van der Waals surface area contributed by atoms with Gasteiger partial charge in [0.2, 0.25) is 5.95 Å². The van der Waals surface area contributed by atoms with E-state index >= 15 is 0 Å². The third-order valence-corrected chi connectivity index (χ3v) is 11.4. The average Bonchev–Trinajstić information content (AvgIpc) is 3.37. The second-order valence-corrected chi connectivity index (χ2v) is 12.7. The summed E-state index contributed by atoms with van der Waals surface area (Å²) in [5, 5.41) is 10.7. The van der Waals surface area contributed by atoms with Gasteiger partial charge in [-0.15, -0.1) is 0 Å². The van der Waals surface area contributed by atoms with Gasteiger partial charge in [0.15, 0.2) is 0 Å². The van der Waals surface area contributed by atoms with Crippen LogP contribution in [0.4, 0.5) is 5.95 Å². The van der Waals surface area contributed by atoms with Gasteiger partial charge in [0.05, 0.1) is 11.0 Å². The first kappa shape index (κ1) is 19.6. The molecular formula is C30H34N4O. The lowest BCUT2D eigenvalue weighted by atomic mass is 9.43. The number of anilines is 1. The molecule has 4 bridgehead atoms. The zero-order valence-electron chi connectivity index (χ0n) is 20.3. The number of piperidine rings is 1. The number of rotatable bonds is 3. The van der Waals surface area contributed by atoms with E-state index in [4.69, 9.17) is 4.98 Å². The minimum absolute atomic E-state index is 0.207. The van der Waals surface area contributed by atoms with Gasteiger partial charge < -0.3 is 15.0 Å². The number of benzene rings is 2. The van der Waals surface area contributed by atoms with Crippen molar-refractivity contribution in [2.75, 3.05) is 24.5 Å². The number of hydrogen-bond acceptors (Lipinski definition) is 4. The number of likely N-dealkylation sites (tertiary alicyclic amines) is 1. The van der Waals surface area contributed by atoms with Crippen LogP contribution < -0.4 is 4.90 Å². The summed E-state index contributed by atoms with van der Waals surface area (Å²) >= 11 is 0. The van der Waals surface area contributed by atoms with E-state index in [0.29, 0.717) is 35.1 Å². The Hall–Kier alpha value is -2.53. The molecule has 3 aromatic rings. The van der Waals surface area contributed by atoms with Gasteiger partial charge in [-0.2, -0.15) is 0 Å². The normalized spacial score (nSPS) is 39.1. The van der Waals surface area contributed by atoms with Gasteiger partial charge in [0.25, 0.3) is 0 Å². The molecule has 2 aliphatic heterocycles. The monoisotopic (exact) mass is 466 g/mol. The molecule has 2 N–H and O–H groups in total. The van der Waals surface area contributed by atoms with Crippen molar-refractivity contribution in [2.24, 2.45) is 23.2 Å². The van der Waals surface area contributed by atoms with Gasteiger partial charge in [0.1, 0.15) is 5.75 Å². The smallest absolute Gasteiger partial charge is 0.204 e. The van der Waals surface area contributed by atoms with Crippen LogP contribution >= 0.6 is 0 Å². The highest BCUT2D eigenvalue weighted by atomic mass is 16.3. The van der Waals surface area contributed by atoms with Gasteiger partial charge in [-0.05, 0) is 110 Å². The predicted molar refractivity (Wildman–Crippen MR) is 137 cm³/mol. The number of nitrogens with zero attached hydrogens (tertiary/aromatic N) is 3. The van der Waals surface area contributed by atoms with Crippen LogP contribution in [0.5, 0.6) is 5.75 Å². The Kier molecular flexibility index (Phi) is 3.60. The molecule has 2 aromatic carbocycles. The summed E-state index contributed by atoms with van der Waals surface area (Å²) in [4.78, 5) is 14.3. The van der Waals surface area contributed by atoms with Crippen molar-refractivity contribution in [2.45, 2.75) is 62.4 Å². The van der Waals surface area contributed by atoms with Crippen molar-refractivity contribution in [1.29, 1.82) is 0 Å². The van der Waals surface area contributed by atoms with Crippen LogP contribution in [-0.2, 0) is 11.8 Å². The number of H-pyrrole nitrogens is 1. The number of para-hydroxylation sites is 2. The summed E-state index contributed by atoms with van der Waals surface area (Å²) in [6.07, 6.45) is 9.27. The number of aromatic nitrogens is 2. The standard InChI is InChI=1S/C30H34N4O/c35-21-8-7-19-13-26-29-10-9-25-27(30(29,22(19)14-21)11-12-33(26)16-18-5-6-18)20(15-29)17-34(25)28-31-23-3-1-2-4-24(23)32-28/h1-4,7-8,14,18,20,25-27,35H,5-6,9-13,15-17H2,(H,31,32)/t20-,25?,26?,27?,29?,30?/m1/s1. The van der Waals surface area contributed by atoms with Crippen LogP contribution in [0.2, 0.25) is 0 Å². The van der Waals surface area contributed by atoms with Gasteiger partial charge in [0, 0.05) is 30.6 Å². The average molecular weight is 467 g/mol. The van der Waals surface area contributed by atoms with Crippen molar-refractivity contribution in [1.82, 2.24) is 14.9 Å². The second-order valence-electron chi connectivity index (χ2n) is 12.7. The van der Waals surface area contributed by atoms with E-state index in [9.17, 15) is 5.11 Å². The summed E-state index contributed by atoms with van der Waals surface area (Å²) in [5.41, 5.74) is 5.84. The number of fused-ring (bicyclic) bond motifs is 2. The van der Waals surface area contributed by atoms with E-state index in [1.54, 1.807) is 0 Å². The fraction of sp³-hybridized carbons (Fsp3) is 0.567. The Balaban J connectivity index is 1.19. The van der Waals surface area contributed by atoms with E-state index in [2.05, 4.69) is 51.2 Å². The van der Waals surface area contributed by atoms with Crippen molar-refractivity contribution in [3.8, 4) is 5.75 Å². The van der Waals surface area contributed by atoms with Crippen LogP contribution in [0.3, 0.4) is 0 Å². The molecule has 35 heavy (non-hydrogen) atoms. The summed E-state index contributed by atoms with van der Waals surface area (Å²) in [6.45, 7) is 3.68. The third-order valence-electron chi connectivity index (χ3n) is 11.4. The molecule has 4 aliphatic carbocycles. The number of nitrogens with one attached hydrogen (secondary N) is 1. The maximum Gasteiger partial charge on any atom is 0.204 e. The molecule has 3 saturated carbocycles. The van der Waals surface area contributed by atoms with Gasteiger partial charge in [-0.3, -0.25) is 4.90 Å². The number of phenolic OH excluding ortho intramolecular Hbond substituents is 1. The Morgan fingerprint density at radius 2 is 2.00 bits per heavy atom.